The highest BCUT2D eigenvalue weighted by atomic mass is 16.7. The molecule has 0 fully saturated rings. The lowest BCUT2D eigenvalue weighted by Crippen LogP contribution is -2.31. The maximum absolute atomic E-state index is 13.8. The van der Waals surface area contributed by atoms with Crippen LogP contribution in [0.2, 0.25) is 0 Å². The summed E-state index contributed by atoms with van der Waals surface area (Å²) >= 11 is 0. The van der Waals surface area contributed by atoms with Gasteiger partial charge >= 0.3 is 0 Å². The Morgan fingerprint density at radius 3 is 2.65 bits per heavy atom. The van der Waals surface area contributed by atoms with Crippen molar-refractivity contribution in [1.29, 1.82) is 0 Å². The third kappa shape index (κ3) is 3.63. The fourth-order valence-corrected chi connectivity index (χ4v) is 4.65. The monoisotopic (exact) mass is 499 g/mol. The molecule has 186 valence electrons. The van der Waals surface area contributed by atoms with Crippen molar-refractivity contribution in [2.75, 3.05) is 18.3 Å². The van der Waals surface area contributed by atoms with Crippen molar-refractivity contribution < 1.29 is 38.4 Å². The molecule has 0 spiro atoms. The largest absolute Gasteiger partial charge is 0.504 e. The Balaban J connectivity index is 1.51. The number of carbonyl (C=O) groups is 2. The van der Waals surface area contributed by atoms with Crippen molar-refractivity contribution in [2.24, 2.45) is 0 Å². The van der Waals surface area contributed by atoms with E-state index in [0.29, 0.717) is 40.3 Å². The quantitative estimate of drug-likeness (QED) is 0.354. The summed E-state index contributed by atoms with van der Waals surface area (Å²) in [6.07, 6.45) is 0. The average molecular weight is 499 g/mol. The Labute approximate surface area is 210 Å². The van der Waals surface area contributed by atoms with Crippen LogP contribution in [0.5, 0.6) is 23.0 Å². The first-order chi connectivity index (χ1) is 18.0. The highest BCUT2D eigenvalue weighted by Crippen LogP contribution is 2.46. The number of anilines is 1. The molecule has 0 saturated heterocycles. The van der Waals surface area contributed by atoms with Gasteiger partial charge in [-0.2, -0.15) is 0 Å². The van der Waals surface area contributed by atoms with Gasteiger partial charge in [0.1, 0.15) is 5.58 Å². The highest BCUT2D eigenvalue weighted by Gasteiger charge is 2.46. The second kappa shape index (κ2) is 8.63. The van der Waals surface area contributed by atoms with E-state index in [9.17, 15) is 19.8 Å². The summed E-state index contributed by atoms with van der Waals surface area (Å²) in [5.41, 5.74) is 1.16. The molecule has 2 aliphatic rings. The van der Waals surface area contributed by atoms with Crippen molar-refractivity contribution in [3.63, 3.8) is 0 Å². The lowest BCUT2D eigenvalue weighted by molar-refractivity contribution is -0.117. The maximum atomic E-state index is 13.8. The molecule has 1 amide bonds. The number of ether oxygens (including phenoxy) is 3. The summed E-state index contributed by atoms with van der Waals surface area (Å²) in [7, 11) is 0. The predicted octanol–water partition coefficient (Wildman–Crippen LogP) is 5.05. The fourth-order valence-electron chi connectivity index (χ4n) is 4.65. The Morgan fingerprint density at radius 1 is 1.03 bits per heavy atom. The molecule has 3 aromatic carbocycles. The number of phenols is 1. The number of phenolic OH excluding ortho intramolecular Hbond substituents is 1. The van der Waals surface area contributed by atoms with Crippen molar-refractivity contribution in [3.05, 3.63) is 89.4 Å². The number of hydrogen-bond donors (Lipinski definition) is 2. The van der Waals surface area contributed by atoms with Crippen LogP contribution in [0.15, 0.2) is 82.5 Å². The maximum Gasteiger partial charge on any atom is 0.294 e. The lowest BCUT2D eigenvalue weighted by atomic mass is 9.94. The molecule has 9 heteroatoms. The molecular weight excluding hydrogens is 478 g/mol. The van der Waals surface area contributed by atoms with Crippen molar-refractivity contribution >= 4 is 28.3 Å². The third-order valence-corrected chi connectivity index (χ3v) is 6.34. The number of amides is 1. The van der Waals surface area contributed by atoms with Crippen LogP contribution in [0.1, 0.15) is 29.1 Å². The molecule has 1 unspecified atom stereocenters. The number of fused-ring (bicyclic) bond motifs is 2. The van der Waals surface area contributed by atoms with Crippen LogP contribution in [0.4, 0.5) is 5.69 Å². The van der Waals surface area contributed by atoms with Crippen LogP contribution in [0.25, 0.3) is 11.0 Å². The first-order valence-electron chi connectivity index (χ1n) is 11.6. The molecule has 37 heavy (non-hydrogen) atoms. The standard InChI is InChI=1S/C28H21NO8/c1-2-34-21-12-16(7-9-18(21)30)25-24(26(31)23-11-15-5-3-4-6-19(15)37-23)27(32)28(33)29(25)17-8-10-20-22(13-17)36-14-35-20/h3-13,25,30,32H,2,14H2,1H3. The number of hydrogen-bond acceptors (Lipinski definition) is 8. The van der Waals surface area contributed by atoms with Crippen molar-refractivity contribution in [2.45, 2.75) is 13.0 Å². The second-order valence-corrected chi connectivity index (χ2v) is 8.52. The van der Waals surface area contributed by atoms with Gasteiger partial charge in [0.25, 0.3) is 5.91 Å². The molecule has 1 aromatic heterocycles. The van der Waals surface area contributed by atoms with Gasteiger partial charge in [0, 0.05) is 17.1 Å². The van der Waals surface area contributed by atoms with Gasteiger partial charge < -0.3 is 28.8 Å². The summed E-state index contributed by atoms with van der Waals surface area (Å²) in [5.74, 6) is -1.08. The number of aromatic hydroxyl groups is 1. The molecule has 0 radical (unpaired) electrons. The zero-order chi connectivity index (χ0) is 25.7. The number of ketones is 1. The number of furan rings is 1. The number of benzene rings is 3. The van der Waals surface area contributed by atoms with Gasteiger partial charge in [-0.1, -0.05) is 24.3 Å². The van der Waals surface area contributed by atoms with Crippen LogP contribution >= 0.6 is 0 Å². The average Bonchev–Trinajstić information content (AvgIpc) is 3.61. The molecule has 6 rings (SSSR count). The molecular formula is C28H21NO8. The van der Waals surface area contributed by atoms with E-state index in [1.165, 1.54) is 11.0 Å². The molecule has 2 aliphatic heterocycles. The Hall–Kier alpha value is -4.92. The van der Waals surface area contributed by atoms with Gasteiger partial charge in [-0.15, -0.1) is 0 Å². The summed E-state index contributed by atoms with van der Waals surface area (Å²) in [4.78, 5) is 28.6. The van der Waals surface area contributed by atoms with Gasteiger partial charge in [0.15, 0.2) is 34.5 Å². The van der Waals surface area contributed by atoms with E-state index in [4.69, 9.17) is 18.6 Å². The first kappa shape index (κ1) is 22.5. The molecule has 0 saturated carbocycles. The number of rotatable bonds is 6. The zero-order valence-electron chi connectivity index (χ0n) is 19.6. The van der Waals surface area contributed by atoms with E-state index >= 15 is 0 Å². The number of nitrogens with zero attached hydrogens (tertiary/aromatic N) is 1. The van der Waals surface area contributed by atoms with Crippen LogP contribution in [-0.4, -0.2) is 35.3 Å². The normalized spacial score (nSPS) is 16.6. The lowest BCUT2D eigenvalue weighted by Gasteiger charge is -2.27. The van der Waals surface area contributed by atoms with Gasteiger partial charge in [0.2, 0.25) is 12.6 Å². The second-order valence-electron chi connectivity index (χ2n) is 8.52. The molecule has 2 N–H and O–H groups in total. The van der Waals surface area contributed by atoms with Crippen molar-refractivity contribution in [3.8, 4) is 23.0 Å². The minimum absolute atomic E-state index is 0.0168. The smallest absolute Gasteiger partial charge is 0.294 e. The van der Waals surface area contributed by atoms with E-state index in [0.717, 1.165) is 0 Å². The zero-order valence-corrected chi connectivity index (χ0v) is 19.6. The number of aliphatic hydroxyl groups excluding tert-OH is 1. The highest BCUT2D eigenvalue weighted by molar-refractivity contribution is 6.20. The molecule has 0 bridgehead atoms. The number of para-hydroxylation sites is 1. The van der Waals surface area contributed by atoms with Crippen molar-refractivity contribution in [1.82, 2.24) is 0 Å². The van der Waals surface area contributed by atoms with Crippen LogP contribution in [0, 0.1) is 0 Å². The predicted molar refractivity (Wildman–Crippen MR) is 132 cm³/mol. The topological polar surface area (TPSA) is 119 Å². The van der Waals surface area contributed by atoms with Crippen LogP contribution in [0.3, 0.4) is 0 Å². The summed E-state index contributed by atoms with van der Waals surface area (Å²) in [6.45, 7) is 2.11. The van der Waals surface area contributed by atoms with E-state index in [2.05, 4.69) is 0 Å². The van der Waals surface area contributed by atoms with Gasteiger partial charge in [-0.25, -0.2) is 0 Å². The van der Waals surface area contributed by atoms with Gasteiger partial charge in [-0.3, -0.25) is 14.5 Å². The van der Waals surface area contributed by atoms with E-state index in [-0.39, 0.29) is 29.6 Å². The minimum Gasteiger partial charge on any atom is -0.504 e. The Morgan fingerprint density at radius 2 is 1.84 bits per heavy atom. The molecule has 0 aliphatic carbocycles. The third-order valence-electron chi connectivity index (χ3n) is 6.34. The minimum atomic E-state index is -1.05. The molecule has 9 nitrogen and oxygen atoms in total. The molecule has 1 atom stereocenters. The number of Topliss-reactive ketones (excluding diaryl/α,β-unsaturated/α-hetero) is 1. The fraction of sp³-hybridized carbons (Fsp3) is 0.143. The van der Waals surface area contributed by atoms with E-state index < -0.39 is 23.5 Å². The van der Waals surface area contributed by atoms with Crippen LogP contribution in [-0.2, 0) is 4.79 Å². The van der Waals surface area contributed by atoms with E-state index in [1.54, 1.807) is 61.5 Å². The van der Waals surface area contributed by atoms with Crippen LogP contribution < -0.4 is 19.1 Å². The van der Waals surface area contributed by atoms with Gasteiger partial charge in [-0.05, 0) is 48.9 Å². The Bertz CT molecular complexity index is 1570. The SMILES string of the molecule is CCOc1cc(C2C(C(=O)c3cc4ccccc4o3)=C(O)C(=O)N2c2ccc3c(c2)OCO3)ccc1O. The van der Waals surface area contributed by atoms with Gasteiger partial charge in [0.05, 0.1) is 18.2 Å². The number of aliphatic hydroxyl groups is 1. The molecule has 4 aromatic rings. The number of carbonyl (C=O) groups excluding carboxylic acids is 2. The van der Waals surface area contributed by atoms with E-state index in [1.807, 2.05) is 6.07 Å². The summed E-state index contributed by atoms with van der Waals surface area (Å²) in [6, 6.07) is 17.1. The molecule has 3 heterocycles. The summed E-state index contributed by atoms with van der Waals surface area (Å²) in [5, 5.41) is 22.0. The Kier molecular flexibility index (Phi) is 5.26. The first-order valence-corrected chi connectivity index (χ1v) is 11.6. The summed E-state index contributed by atoms with van der Waals surface area (Å²) < 4.78 is 22.2.